The van der Waals surface area contributed by atoms with Gasteiger partial charge in [-0.1, -0.05) is 12.1 Å². The summed E-state index contributed by atoms with van der Waals surface area (Å²) in [4.78, 5) is 26.0. The Labute approximate surface area is 97.3 Å². The molecule has 0 spiro atoms. The number of nitrogens with one attached hydrogen (secondary N) is 1. The van der Waals surface area contributed by atoms with E-state index in [2.05, 4.69) is 4.98 Å². The van der Waals surface area contributed by atoms with Crippen LogP contribution in [0.3, 0.4) is 0 Å². The van der Waals surface area contributed by atoms with E-state index in [1.54, 1.807) is 16.8 Å². The topological polar surface area (TPSA) is 58.1 Å². The number of para-hydroxylation sites is 1. The Morgan fingerprint density at radius 1 is 1.06 bits per heavy atom. The molecule has 1 aliphatic heterocycles. The quantitative estimate of drug-likeness (QED) is 0.774. The third-order valence-electron chi connectivity index (χ3n) is 3.15. The molecule has 1 N–H and O–H groups in total. The maximum Gasteiger partial charge on any atom is 0.347 e. The van der Waals surface area contributed by atoms with Gasteiger partial charge in [0.15, 0.2) is 0 Å². The molecule has 1 saturated heterocycles. The summed E-state index contributed by atoms with van der Waals surface area (Å²) in [7, 11) is 0. The van der Waals surface area contributed by atoms with Gasteiger partial charge < -0.3 is 5.01 Å². The van der Waals surface area contributed by atoms with Gasteiger partial charge in [-0.3, -0.25) is 9.78 Å². The molecule has 2 aromatic rings. The largest absolute Gasteiger partial charge is 0.347 e. The summed E-state index contributed by atoms with van der Waals surface area (Å²) in [5, 5.41) is 2.54. The molecular formula is C12H13N3O2. The number of nitrogens with zero attached hydrogens (tertiary/aromatic N) is 2. The number of H-pyrrole nitrogens is 1. The van der Waals surface area contributed by atoms with Gasteiger partial charge in [0.05, 0.1) is 10.9 Å². The zero-order valence-corrected chi connectivity index (χ0v) is 9.35. The predicted molar refractivity (Wildman–Crippen MR) is 66.0 cm³/mol. The van der Waals surface area contributed by atoms with Crippen LogP contribution in [0.2, 0.25) is 0 Å². The Morgan fingerprint density at radius 2 is 1.76 bits per heavy atom. The van der Waals surface area contributed by atoms with Gasteiger partial charge in [0.25, 0.3) is 5.56 Å². The molecule has 1 fully saturated rings. The van der Waals surface area contributed by atoms with Crippen molar-refractivity contribution in [3.05, 3.63) is 45.1 Å². The highest BCUT2D eigenvalue weighted by Gasteiger charge is 2.16. The van der Waals surface area contributed by atoms with Crippen molar-refractivity contribution in [2.24, 2.45) is 0 Å². The number of hydrogen-bond acceptors (Lipinski definition) is 3. The lowest BCUT2D eigenvalue weighted by Crippen LogP contribution is -2.43. The first kappa shape index (κ1) is 10.1. The average Bonchev–Trinajstić information content (AvgIpc) is 2.83. The second kappa shape index (κ2) is 3.76. The van der Waals surface area contributed by atoms with Gasteiger partial charge in [-0.15, -0.1) is 0 Å². The van der Waals surface area contributed by atoms with Crippen LogP contribution >= 0.6 is 0 Å². The monoisotopic (exact) mass is 231 g/mol. The van der Waals surface area contributed by atoms with Crippen LogP contribution in [0, 0.1) is 0 Å². The van der Waals surface area contributed by atoms with Crippen LogP contribution < -0.4 is 16.3 Å². The Hall–Kier alpha value is -2.04. The molecule has 88 valence electrons. The van der Waals surface area contributed by atoms with E-state index in [0.717, 1.165) is 25.9 Å². The van der Waals surface area contributed by atoms with Crippen molar-refractivity contribution in [3.8, 4) is 0 Å². The first-order valence-corrected chi connectivity index (χ1v) is 5.77. The Bertz CT molecular complexity index is 665. The number of aromatic amines is 1. The summed E-state index contributed by atoms with van der Waals surface area (Å²) >= 11 is 0. The molecule has 3 rings (SSSR count). The van der Waals surface area contributed by atoms with E-state index >= 15 is 0 Å². The molecule has 0 atom stereocenters. The minimum Gasteiger partial charge on any atom is -0.308 e. The molecule has 0 bridgehead atoms. The van der Waals surface area contributed by atoms with Crippen LogP contribution in [-0.2, 0) is 0 Å². The minimum atomic E-state index is -0.351. The third kappa shape index (κ3) is 1.54. The zero-order valence-electron chi connectivity index (χ0n) is 9.35. The Balaban J connectivity index is 2.36. The smallest absolute Gasteiger partial charge is 0.308 e. The summed E-state index contributed by atoms with van der Waals surface area (Å²) in [6.45, 7) is 1.71. The molecule has 17 heavy (non-hydrogen) atoms. The fraction of sp³-hybridized carbons (Fsp3) is 0.333. The van der Waals surface area contributed by atoms with Crippen molar-refractivity contribution in [3.63, 3.8) is 0 Å². The molecule has 1 aliphatic rings. The van der Waals surface area contributed by atoms with Crippen molar-refractivity contribution in [1.29, 1.82) is 0 Å². The summed E-state index contributed by atoms with van der Waals surface area (Å²) < 4.78 is 1.59. The number of hydrogen-bond donors (Lipinski definition) is 1. The molecule has 0 aliphatic carbocycles. The van der Waals surface area contributed by atoms with Gasteiger partial charge in [0.2, 0.25) is 0 Å². The van der Waals surface area contributed by atoms with Gasteiger partial charge >= 0.3 is 5.69 Å². The number of fused-ring (bicyclic) bond motifs is 1. The van der Waals surface area contributed by atoms with Crippen molar-refractivity contribution in [2.75, 3.05) is 18.1 Å². The SMILES string of the molecule is O=c1[nH]c(=O)n(N2CCCC2)c2ccccc12. The molecule has 0 saturated carbocycles. The summed E-state index contributed by atoms with van der Waals surface area (Å²) in [6, 6.07) is 7.19. The van der Waals surface area contributed by atoms with Gasteiger partial charge in [0, 0.05) is 13.1 Å². The van der Waals surface area contributed by atoms with E-state index in [4.69, 9.17) is 0 Å². The molecule has 0 amide bonds. The minimum absolute atomic E-state index is 0.318. The van der Waals surface area contributed by atoms with Gasteiger partial charge in [-0.25, -0.2) is 9.47 Å². The second-order valence-electron chi connectivity index (χ2n) is 4.25. The van der Waals surface area contributed by atoms with Gasteiger partial charge in [0.1, 0.15) is 0 Å². The highest BCUT2D eigenvalue weighted by molar-refractivity contribution is 5.77. The highest BCUT2D eigenvalue weighted by atomic mass is 16.2. The zero-order chi connectivity index (χ0) is 11.8. The molecular weight excluding hydrogens is 218 g/mol. The molecule has 0 radical (unpaired) electrons. The maximum atomic E-state index is 11.9. The predicted octanol–water partition coefficient (Wildman–Crippen LogP) is 0.422. The molecule has 0 unspecified atom stereocenters. The van der Waals surface area contributed by atoms with Crippen LogP contribution in [0.1, 0.15) is 12.8 Å². The van der Waals surface area contributed by atoms with Crippen LogP contribution in [0.25, 0.3) is 10.9 Å². The van der Waals surface area contributed by atoms with Crippen LogP contribution in [0.4, 0.5) is 0 Å². The van der Waals surface area contributed by atoms with E-state index in [0.29, 0.717) is 10.9 Å². The average molecular weight is 231 g/mol. The second-order valence-corrected chi connectivity index (χ2v) is 4.25. The normalized spacial score (nSPS) is 15.6. The molecule has 1 aromatic carbocycles. The standard InChI is InChI=1S/C12H13N3O2/c16-11-9-5-1-2-6-10(9)15(12(17)13-11)14-7-3-4-8-14/h1-2,5-6H,3-4,7-8H2,(H,13,16,17). The fourth-order valence-corrected chi connectivity index (χ4v) is 2.36. The van der Waals surface area contributed by atoms with Crippen molar-refractivity contribution in [2.45, 2.75) is 12.8 Å². The Morgan fingerprint density at radius 3 is 2.53 bits per heavy atom. The van der Waals surface area contributed by atoms with E-state index in [1.165, 1.54) is 0 Å². The van der Waals surface area contributed by atoms with Crippen molar-refractivity contribution < 1.29 is 0 Å². The summed E-state index contributed by atoms with van der Waals surface area (Å²) in [5.74, 6) is 0. The van der Waals surface area contributed by atoms with E-state index in [9.17, 15) is 9.59 Å². The molecule has 1 aromatic heterocycles. The summed E-state index contributed by atoms with van der Waals surface area (Å²) in [5.41, 5.74) is 0.0137. The van der Waals surface area contributed by atoms with Crippen LogP contribution in [0.15, 0.2) is 33.9 Å². The van der Waals surface area contributed by atoms with E-state index < -0.39 is 0 Å². The van der Waals surface area contributed by atoms with Crippen LogP contribution in [-0.4, -0.2) is 22.7 Å². The van der Waals surface area contributed by atoms with Crippen molar-refractivity contribution in [1.82, 2.24) is 9.66 Å². The molecule has 5 heteroatoms. The van der Waals surface area contributed by atoms with E-state index in [1.807, 2.05) is 17.1 Å². The first-order chi connectivity index (χ1) is 8.27. The lowest BCUT2D eigenvalue weighted by atomic mass is 10.2. The van der Waals surface area contributed by atoms with Gasteiger partial charge in [-0.05, 0) is 25.0 Å². The lowest BCUT2D eigenvalue weighted by Gasteiger charge is -2.21. The lowest BCUT2D eigenvalue weighted by molar-refractivity contribution is 0.643. The van der Waals surface area contributed by atoms with Crippen LogP contribution in [0.5, 0.6) is 0 Å². The Kier molecular flexibility index (Phi) is 2.24. The summed E-state index contributed by atoms with van der Waals surface area (Å²) in [6.07, 6.45) is 2.17. The first-order valence-electron chi connectivity index (χ1n) is 5.77. The fourth-order valence-electron chi connectivity index (χ4n) is 2.36. The maximum absolute atomic E-state index is 11.9. The molecule has 5 nitrogen and oxygen atoms in total. The third-order valence-corrected chi connectivity index (χ3v) is 3.15. The number of rotatable bonds is 1. The highest BCUT2D eigenvalue weighted by Crippen LogP contribution is 2.11. The number of benzene rings is 1. The van der Waals surface area contributed by atoms with E-state index in [-0.39, 0.29) is 11.2 Å². The number of aromatic nitrogens is 2. The van der Waals surface area contributed by atoms with Gasteiger partial charge in [-0.2, -0.15) is 0 Å². The molecule has 2 heterocycles. The van der Waals surface area contributed by atoms with Crippen molar-refractivity contribution >= 4 is 10.9 Å².